The number of nitrogens with zero attached hydrogens (tertiary/aromatic N) is 2. The summed E-state index contributed by atoms with van der Waals surface area (Å²) in [4.78, 5) is 11.6. The van der Waals surface area contributed by atoms with Gasteiger partial charge < -0.3 is 9.64 Å². The van der Waals surface area contributed by atoms with Crippen molar-refractivity contribution < 1.29 is 9.66 Å². The van der Waals surface area contributed by atoms with Crippen LogP contribution in [0.3, 0.4) is 0 Å². The fraction of sp³-hybridized carbons (Fsp3) is 0.750. The van der Waals surface area contributed by atoms with E-state index in [0.717, 1.165) is 25.6 Å². The predicted molar refractivity (Wildman–Crippen MR) is 47.7 cm³/mol. The summed E-state index contributed by atoms with van der Waals surface area (Å²) in [5.41, 5.74) is 0. The summed E-state index contributed by atoms with van der Waals surface area (Å²) in [6, 6.07) is 0.307. The van der Waals surface area contributed by atoms with Gasteiger partial charge in [0, 0.05) is 13.7 Å². The number of likely N-dealkylation sites (tertiary alicyclic amines) is 1. The van der Waals surface area contributed by atoms with E-state index >= 15 is 0 Å². The van der Waals surface area contributed by atoms with Crippen LogP contribution >= 0.6 is 0 Å². The molecule has 0 aliphatic carbocycles. The zero-order valence-corrected chi connectivity index (χ0v) is 7.68. The predicted octanol–water partition coefficient (Wildman–Crippen LogP) is 0.845. The normalized spacial score (nSPS) is 22.8. The molecule has 1 fully saturated rings. The molecular weight excluding hydrogens is 172 g/mol. The Bertz CT molecular complexity index is 206. The molecule has 74 valence electrons. The lowest BCUT2D eigenvalue weighted by Gasteiger charge is -2.20. The van der Waals surface area contributed by atoms with Crippen LogP contribution in [-0.4, -0.2) is 36.1 Å². The van der Waals surface area contributed by atoms with Gasteiger partial charge in [0.15, 0.2) is 0 Å². The Labute approximate surface area is 77.1 Å². The maximum absolute atomic E-state index is 10.1. The molecule has 13 heavy (non-hydrogen) atoms. The lowest BCUT2D eigenvalue weighted by molar-refractivity contribution is -0.403. The van der Waals surface area contributed by atoms with Crippen molar-refractivity contribution in [2.45, 2.75) is 18.9 Å². The highest BCUT2D eigenvalue weighted by molar-refractivity contribution is 4.87. The molecule has 5 nitrogen and oxygen atoms in total. The number of ether oxygens (including phenoxy) is 1. The van der Waals surface area contributed by atoms with Gasteiger partial charge in [-0.05, 0) is 12.8 Å². The van der Waals surface area contributed by atoms with E-state index < -0.39 is 4.92 Å². The quantitative estimate of drug-likeness (QED) is 0.482. The summed E-state index contributed by atoms with van der Waals surface area (Å²) in [6.07, 6.45) is 4.65. The smallest absolute Gasteiger partial charge is 0.250 e. The first-order valence-corrected chi connectivity index (χ1v) is 4.30. The molecule has 1 saturated heterocycles. The second-order valence-electron chi connectivity index (χ2n) is 3.07. The molecule has 0 radical (unpaired) electrons. The second kappa shape index (κ2) is 4.81. The van der Waals surface area contributed by atoms with E-state index in [9.17, 15) is 10.1 Å². The first-order valence-electron chi connectivity index (χ1n) is 4.30. The molecular formula is C8H14N2O3. The number of nitro groups is 1. The van der Waals surface area contributed by atoms with Gasteiger partial charge in [-0.25, -0.2) is 0 Å². The molecule has 1 atom stereocenters. The summed E-state index contributed by atoms with van der Waals surface area (Å²) in [6.45, 7) is 1.53. The van der Waals surface area contributed by atoms with E-state index in [2.05, 4.69) is 0 Å². The van der Waals surface area contributed by atoms with Crippen LogP contribution in [0.25, 0.3) is 0 Å². The van der Waals surface area contributed by atoms with Crippen LogP contribution in [0.4, 0.5) is 0 Å². The molecule has 1 rings (SSSR count). The minimum absolute atomic E-state index is 0.307. The van der Waals surface area contributed by atoms with Gasteiger partial charge >= 0.3 is 0 Å². The second-order valence-corrected chi connectivity index (χ2v) is 3.07. The van der Waals surface area contributed by atoms with E-state index in [4.69, 9.17) is 4.74 Å². The van der Waals surface area contributed by atoms with Crippen LogP contribution in [0, 0.1) is 10.1 Å². The zero-order chi connectivity index (χ0) is 9.68. The molecule has 0 unspecified atom stereocenters. The van der Waals surface area contributed by atoms with Gasteiger partial charge in [-0.3, -0.25) is 10.1 Å². The molecule has 1 aliphatic rings. The van der Waals surface area contributed by atoms with Crippen LogP contribution in [0.2, 0.25) is 0 Å². The minimum atomic E-state index is -0.442. The van der Waals surface area contributed by atoms with E-state index in [1.165, 1.54) is 6.20 Å². The summed E-state index contributed by atoms with van der Waals surface area (Å²) in [7, 11) is 1.65. The Morgan fingerprint density at radius 2 is 2.54 bits per heavy atom. The Balaban J connectivity index is 2.43. The summed E-state index contributed by atoms with van der Waals surface area (Å²) >= 11 is 0. The maximum Gasteiger partial charge on any atom is 0.250 e. The van der Waals surface area contributed by atoms with E-state index in [-0.39, 0.29) is 0 Å². The molecule has 0 aromatic heterocycles. The topological polar surface area (TPSA) is 55.6 Å². The molecule has 1 heterocycles. The van der Waals surface area contributed by atoms with Gasteiger partial charge in [0.25, 0.3) is 0 Å². The van der Waals surface area contributed by atoms with Crippen LogP contribution in [0.5, 0.6) is 0 Å². The zero-order valence-electron chi connectivity index (χ0n) is 7.68. The average molecular weight is 186 g/mol. The molecule has 0 amide bonds. The number of hydrogen-bond acceptors (Lipinski definition) is 4. The van der Waals surface area contributed by atoms with Gasteiger partial charge in [-0.1, -0.05) is 0 Å². The van der Waals surface area contributed by atoms with Crippen LogP contribution < -0.4 is 0 Å². The molecule has 0 aromatic carbocycles. The Kier molecular flexibility index (Phi) is 3.70. The van der Waals surface area contributed by atoms with Gasteiger partial charge in [-0.15, -0.1) is 0 Å². The van der Waals surface area contributed by atoms with Crippen molar-refractivity contribution >= 4 is 0 Å². The first kappa shape index (κ1) is 9.98. The summed E-state index contributed by atoms with van der Waals surface area (Å²) < 4.78 is 5.02. The number of rotatable bonds is 4. The standard InChI is InChI=1S/C8H14N2O3/c1-13-7-8-3-2-4-9(8)5-6-10(11)12/h5-6,8H,2-4,7H2,1H3/b6-5+/t8-/m0/s1. The maximum atomic E-state index is 10.1. The Hall–Kier alpha value is -1.10. The van der Waals surface area contributed by atoms with Crippen molar-refractivity contribution in [3.8, 4) is 0 Å². The van der Waals surface area contributed by atoms with E-state index in [0.29, 0.717) is 12.6 Å². The molecule has 0 N–H and O–H groups in total. The highest BCUT2D eigenvalue weighted by Gasteiger charge is 2.21. The van der Waals surface area contributed by atoms with Crippen molar-refractivity contribution in [3.05, 3.63) is 22.5 Å². The molecule has 0 spiro atoms. The highest BCUT2D eigenvalue weighted by atomic mass is 16.6. The van der Waals surface area contributed by atoms with Crippen LogP contribution in [0.15, 0.2) is 12.4 Å². The fourth-order valence-electron chi connectivity index (χ4n) is 1.57. The van der Waals surface area contributed by atoms with E-state index in [1.807, 2.05) is 4.90 Å². The summed E-state index contributed by atoms with van der Waals surface area (Å²) in [5, 5.41) is 10.1. The molecule has 5 heteroatoms. The molecule has 1 aliphatic heterocycles. The Morgan fingerprint density at radius 3 is 3.15 bits per heavy atom. The van der Waals surface area contributed by atoms with Gasteiger partial charge in [-0.2, -0.15) is 0 Å². The number of hydrogen-bond donors (Lipinski definition) is 0. The van der Waals surface area contributed by atoms with Crippen molar-refractivity contribution in [1.82, 2.24) is 4.90 Å². The SMILES string of the molecule is COC[C@@H]1CCCN1/C=C/[N+](=O)[O-]. The van der Waals surface area contributed by atoms with Gasteiger partial charge in [0.1, 0.15) is 0 Å². The average Bonchev–Trinajstić information content (AvgIpc) is 2.49. The van der Waals surface area contributed by atoms with Gasteiger partial charge in [0.2, 0.25) is 6.20 Å². The lowest BCUT2D eigenvalue weighted by Crippen LogP contribution is -2.28. The van der Waals surface area contributed by atoms with Crippen molar-refractivity contribution in [2.24, 2.45) is 0 Å². The summed E-state index contributed by atoms with van der Waals surface area (Å²) in [5.74, 6) is 0. The Morgan fingerprint density at radius 1 is 1.77 bits per heavy atom. The third-order valence-corrected chi connectivity index (χ3v) is 2.16. The third-order valence-electron chi connectivity index (χ3n) is 2.16. The number of methoxy groups -OCH3 is 1. The monoisotopic (exact) mass is 186 g/mol. The molecule has 0 saturated carbocycles. The van der Waals surface area contributed by atoms with E-state index in [1.54, 1.807) is 7.11 Å². The minimum Gasteiger partial charge on any atom is -0.383 e. The molecule has 0 bridgehead atoms. The first-order chi connectivity index (χ1) is 6.24. The third kappa shape index (κ3) is 3.02. The van der Waals surface area contributed by atoms with Crippen LogP contribution in [0.1, 0.15) is 12.8 Å². The fourth-order valence-corrected chi connectivity index (χ4v) is 1.57. The largest absolute Gasteiger partial charge is 0.383 e. The van der Waals surface area contributed by atoms with Crippen molar-refractivity contribution in [2.75, 3.05) is 20.3 Å². The van der Waals surface area contributed by atoms with Crippen molar-refractivity contribution in [3.63, 3.8) is 0 Å². The van der Waals surface area contributed by atoms with Gasteiger partial charge in [0.05, 0.1) is 23.8 Å². The lowest BCUT2D eigenvalue weighted by atomic mass is 10.2. The molecule has 0 aromatic rings. The van der Waals surface area contributed by atoms with Crippen molar-refractivity contribution in [1.29, 1.82) is 0 Å². The van der Waals surface area contributed by atoms with Crippen LogP contribution in [-0.2, 0) is 4.74 Å². The highest BCUT2D eigenvalue weighted by Crippen LogP contribution is 2.17.